The summed E-state index contributed by atoms with van der Waals surface area (Å²) in [6, 6.07) is 0. The number of carbonyl (C=O) groups is 4. The molecular formula is C69H134O17P2. The Hall–Kier alpha value is -1.94. The lowest BCUT2D eigenvalue weighted by atomic mass is 10.00. The van der Waals surface area contributed by atoms with Gasteiger partial charge in [0.1, 0.15) is 19.3 Å². The van der Waals surface area contributed by atoms with E-state index < -0.39 is 97.5 Å². The number of hydrogen-bond donors (Lipinski definition) is 3. The number of aliphatic hydroxyl groups excluding tert-OH is 1. The highest BCUT2D eigenvalue weighted by Gasteiger charge is 2.30. The number of carbonyl (C=O) groups excluding carboxylic acids is 4. The van der Waals surface area contributed by atoms with E-state index in [2.05, 4.69) is 34.6 Å². The molecule has 0 saturated heterocycles. The fraction of sp³-hybridized carbons (Fsp3) is 0.942. The van der Waals surface area contributed by atoms with Crippen LogP contribution in [0.5, 0.6) is 0 Å². The summed E-state index contributed by atoms with van der Waals surface area (Å²) in [6.45, 7) is 7.16. The number of hydrogen-bond acceptors (Lipinski definition) is 15. The van der Waals surface area contributed by atoms with Crippen LogP contribution >= 0.6 is 15.6 Å². The topological polar surface area (TPSA) is 237 Å². The Kier molecular flexibility index (Phi) is 61.1. The highest BCUT2D eigenvalue weighted by atomic mass is 31.2. The van der Waals surface area contributed by atoms with Crippen LogP contribution in [-0.2, 0) is 65.4 Å². The number of ether oxygens (including phenoxy) is 4. The first kappa shape index (κ1) is 86.1. The van der Waals surface area contributed by atoms with Gasteiger partial charge in [0.25, 0.3) is 0 Å². The molecule has 0 aliphatic carbocycles. The Labute approximate surface area is 537 Å². The molecule has 3 N–H and O–H groups in total. The molecule has 6 atom stereocenters. The summed E-state index contributed by atoms with van der Waals surface area (Å²) in [4.78, 5) is 72.4. The molecule has 0 spiro atoms. The van der Waals surface area contributed by atoms with Crippen LogP contribution < -0.4 is 0 Å². The molecule has 522 valence electrons. The molecule has 0 aliphatic rings. The Morgan fingerprint density at radius 3 is 0.807 bits per heavy atom. The van der Waals surface area contributed by atoms with E-state index in [0.717, 1.165) is 102 Å². The van der Waals surface area contributed by atoms with E-state index in [1.807, 2.05) is 0 Å². The zero-order chi connectivity index (χ0) is 64.9. The van der Waals surface area contributed by atoms with E-state index in [4.69, 9.17) is 37.0 Å². The first-order chi connectivity index (χ1) is 42.6. The molecule has 0 saturated carbocycles. The summed E-state index contributed by atoms with van der Waals surface area (Å²) in [6.07, 6.45) is 48.7. The molecule has 0 aromatic carbocycles. The number of phosphoric acid groups is 2. The van der Waals surface area contributed by atoms with Crippen molar-refractivity contribution in [3.63, 3.8) is 0 Å². The van der Waals surface area contributed by atoms with Crippen LogP contribution in [0.4, 0.5) is 0 Å². The predicted octanol–water partition coefficient (Wildman–Crippen LogP) is 19.7. The van der Waals surface area contributed by atoms with Crippen molar-refractivity contribution in [2.45, 2.75) is 374 Å². The lowest BCUT2D eigenvalue weighted by Crippen LogP contribution is -2.30. The largest absolute Gasteiger partial charge is 0.472 e. The van der Waals surface area contributed by atoms with Gasteiger partial charge in [-0.15, -0.1) is 0 Å². The van der Waals surface area contributed by atoms with Gasteiger partial charge in [-0.2, -0.15) is 0 Å². The molecular weight excluding hydrogens is 1160 g/mol. The van der Waals surface area contributed by atoms with Crippen LogP contribution in [-0.4, -0.2) is 96.7 Å². The molecule has 0 rings (SSSR count). The molecule has 0 aromatic heterocycles. The van der Waals surface area contributed by atoms with Crippen molar-refractivity contribution in [2.75, 3.05) is 39.6 Å². The Balaban J connectivity index is 5.20. The molecule has 3 unspecified atom stereocenters. The first-order valence-corrected chi connectivity index (χ1v) is 39.2. The van der Waals surface area contributed by atoms with E-state index in [-0.39, 0.29) is 25.7 Å². The molecule has 17 nitrogen and oxygen atoms in total. The standard InChI is InChI=1S/C69H134O17P2/c1-6-10-13-16-19-22-24-26-27-28-29-30-31-33-35-38-44-49-54-68(73)85-64(58-80-67(72)53-48-43-37-34-32-25-23-20-17-14-11-7-2)60-83-87(75,76)81-56-63(70)57-82-88(77,78)84-61-65(59-79-66(71)52-47-42-36-21-18-15-12-8-3)86-69(74)55-50-45-40-39-41-46-51-62(5)9-4/h62-65,70H,6-61H2,1-5H3,(H,75,76)(H,77,78)/t62?,63-,64-,65-/m1/s1. The summed E-state index contributed by atoms with van der Waals surface area (Å²) in [5.74, 6) is -1.41. The maximum absolute atomic E-state index is 13.0. The van der Waals surface area contributed by atoms with Crippen molar-refractivity contribution in [1.29, 1.82) is 0 Å². The monoisotopic (exact) mass is 1300 g/mol. The Morgan fingerprint density at radius 1 is 0.318 bits per heavy atom. The smallest absolute Gasteiger partial charge is 0.462 e. The summed E-state index contributed by atoms with van der Waals surface area (Å²) >= 11 is 0. The Morgan fingerprint density at radius 2 is 0.545 bits per heavy atom. The molecule has 0 bridgehead atoms. The minimum atomic E-state index is -4.95. The highest BCUT2D eigenvalue weighted by molar-refractivity contribution is 7.47. The highest BCUT2D eigenvalue weighted by Crippen LogP contribution is 2.45. The number of esters is 4. The van der Waals surface area contributed by atoms with Crippen LogP contribution in [0.3, 0.4) is 0 Å². The van der Waals surface area contributed by atoms with Crippen LogP contribution in [0.25, 0.3) is 0 Å². The normalized spacial score (nSPS) is 14.4. The van der Waals surface area contributed by atoms with Crippen molar-refractivity contribution in [3.8, 4) is 0 Å². The molecule has 19 heteroatoms. The van der Waals surface area contributed by atoms with E-state index in [9.17, 15) is 43.2 Å². The second kappa shape index (κ2) is 62.5. The summed E-state index contributed by atoms with van der Waals surface area (Å²) in [5.41, 5.74) is 0. The molecule has 0 amide bonds. The maximum Gasteiger partial charge on any atom is 0.472 e. The third-order valence-corrected chi connectivity index (χ3v) is 18.3. The molecule has 0 heterocycles. The van der Waals surface area contributed by atoms with E-state index >= 15 is 0 Å². The second-order valence-electron chi connectivity index (χ2n) is 25.2. The molecule has 88 heavy (non-hydrogen) atoms. The minimum absolute atomic E-state index is 0.103. The third-order valence-electron chi connectivity index (χ3n) is 16.4. The van der Waals surface area contributed by atoms with Crippen LogP contribution in [0.2, 0.25) is 0 Å². The fourth-order valence-electron chi connectivity index (χ4n) is 10.4. The molecule has 0 aliphatic heterocycles. The zero-order valence-electron chi connectivity index (χ0n) is 56.9. The van der Waals surface area contributed by atoms with Crippen molar-refractivity contribution in [2.24, 2.45) is 5.92 Å². The summed E-state index contributed by atoms with van der Waals surface area (Å²) in [5, 5.41) is 10.6. The van der Waals surface area contributed by atoms with Crippen LogP contribution in [0.15, 0.2) is 0 Å². The fourth-order valence-corrected chi connectivity index (χ4v) is 12.0. The average molecular weight is 1300 g/mol. The Bertz CT molecular complexity index is 1710. The van der Waals surface area contributed by atoms with Crippen LogP contribution in [0, 0.1) is 5.92 Å². The second-order valence-corrected chi connectivity index (χ2v) is 28.1. The SMILES string of the molecule is CCCCCCCCCCCCCCCCCCCCC(=O)O[C@H](COC(=O)CCCCCCCCCCCCCC)COP(=O)(O)OC[C@@H](O)COP(=O)(O)OC[C@@H](COC(=O)CCCCCCCCCC)OC(=O)CCCCCCCCC(C)CC. The number of phosphoric ester groups is 2. The van der Waals surface area contributed by atoms with E-state index in [0.29, 0.717) is 25.7 Å². The van der Waals surface area contributed by atoms with Crippen LogP contribution in [0.1, 0.15) is 356 Å². The van der Waals surface area contributed by atoms with Crippen molar-refractivity contribution < 1.29 is 80.2 Å². The van der Waals surface area contributed by atoms with Gasteiger partial charge in [0.05, 0.1) is 26.4 Å². The van der Waals surface area contributed by atoms with Crippen molar-refractivity contribution >= 4 is 39.5 Å². The van der Waals surface area contributed by atoms with Gasteiger partial charge in [0.15, 0.2) is 12.2 Å². The number of aliphatic hydroxyl groups is 1. The molecule has 0 fully saturated rings. The number of unbranched alkanes of at least 4 members (excludes halogenated alkanes) is 40. The van der Waals surface area contributed by atoms with Gasteiger partial charge >= 0.3 is 39.5 Å². The average Bonchev–Trinajstić information content (AvgIpc) is 3.68. The first-order valence-electron chi connectivity index (χ1n) is 36.2. The van der Waals surface area contributed by atoms with Gasteiger partial charge in [-0.3, -0.25) is 37.3 Å². The van der Waals surface area contributed by atoms with E-state index in [1.54, 1.807) is 0 Å². The predicted molar refractivity (Wildman–Crippen MR) is 354 cm³/mol. The van der Waals surface area contributed by atoms with Gasteiger partial charge in [0, 0.05) is 25.7 Å². The number of rotatable bonds is 69. The van der Waals surface area contributed by atoms with Gasteiger partial charge in [-0.25, -0.2) is 9.13 Å². The third kappa shape index (κ3) is 61.6. The minimum Gasteiger partial charge on any atom is -0.462 e. The molecule has 0 aromatic rings. The lowest BCUT2D eigenvalue weighted by Gasteiger charge is -2.21. The summed E-state index contributed by atoms with van der Waals surface area (Å²) < 4.78 is 68.1. The van der Waals surface area contributed by atoms with Crippen molar-refractivity contribution in [1.82, 2.24) is 0 Å². The summed E-state index contributed by atoms with van der Waals surface area (Å²) in [7, 11) is -9.89. The van der Waals surface area contributed by atoms with Gasteiger partial charge in [0.2, 0.25) is 0 Å². The van der Waals surface area contributed by atoms with Crippen molar-refractivity contribution in [3.05, 3.63) is 0 Å². The lowest BCUT2D eigenvalue weighted by molar-refractivity contribution is -0.161. The maximum atomic E-state index is 13.0. The zero-order valence-corrected chi connectivity index (χ0v) is 58.6. The van der Waals surface area contributed by atoms with Gasteiger partial charge in [-0.1, -0.05) is 304 Å². The van der Waals surface area contributed by atoms with Gasteiger partial charge < -0.3 is 33.8 Å². The van der Waals surface area contributed by atoms with E-state index in [1.165, 1.54) is 173 Å². The molecule has 0 radical (unpaired) electrons. The van der Waals surface area contributed by atoms with Gasteiger partial charge in [-0.05, 0) is 31.6 Å². The quantitative estimate of drug-likeness (QED) is 0.0222.